The molecule has 4 nitrogen and oxygen atoms in total. The van der Waals surface area contributed by atoms with Crippen molar-refractivity contribution in [3.05, 3.63) is 24.0 Å². The fourth-order valence-electron chi connectivity index (χ4n) is 2.27. The van der Waals surface area contributed by atoms with E-state index in [9.17, 15) is 0 Å². The molecule has 2 heterocycles. The number of aromatic nitrogens is 2. The van der Waals surface area contributed by atoms with Crippen molar-refractivity contribution < 1.29 is 0 Å². The molecule has 2 aromatic rings. The molecule has 0 spiro atoms. The second-order valence-electron chi connectivity index (χ2n) is 5.08. The number of rotatable bonds is 4. The maximum absolute atomic E-state index is 6.22. The molecule has 2 rings (SSSR count). The van der Waals surface area contributed by atoms with Crippen molar-refractivity contribution in [2.24, 2.45) is 0 Å². The highest BCUT2D eigenvalue weighted by Gasteiger charge is 2.15. The van der Waals surface area contributed by atoms with Crippen LogP contribution in [-0.4, -0.2) is 23.5 Å². The van der Waals surface area contributed by atoms with Crippen LogP contribution in [0.2, 0.25) is 0 Å². The minimum absolute atomic E-state index is 0.415. The Bertz CT molecular complexity index is 542. The highest BCUT2D eigenvalue weighted by atomic mass is 15.1. The zero-order chi connectivity index (χ0) is 13.3. The van der Waals surface area contributed by atoms with Crippen molar-refractivity contribution in [1.29, 1.82) is 0 Å². The van der Waals surface area contributed by atoms with E-state index in [1.807, 2.05) is 30.8 Å². The third-order valence-corrected chi connectivity index (χ3v) is 3.37. The van der Waals surface area contributed by atoms with Crippen LogP contribution in [-0.2, 0) is 0 Å². The Morgan fingerprint density at radius 2 is 2.11 bits per heavy atom. The van der Waals surface area contributed by atoms with Crippen molar-refractivity contribution in [1.82, 2.24) is 9.38 Å². The molecule has 0 fully saturated rings. The third kappa shape index (κ3) is 2.15. The summed E-state index contributed by atoms with van der Waals surface area (Å²) in [7, 11) is 4.05. The van der Waals surface area contributed by atoms with Crippen LogP contribution in [0.3, 0.4) is 0 Å². The van der Waals surface area contributed by atoms with Gasteiger partial charge in [-0.3, -0.25) is 4.40 Å². The Balaban J connectivity index is 2.49. The molecular formula is C14H22N4. The molecular weight excluding hydrogens is 224 g/mol. The molecule has 2 aromatic heterocycles. The van der Waals surface area contributed by atoms with Crippen molar-refractivity contribution in [2.45, 2.75) is 32.6 Å². The molecule has 0 radical (unpaired) electrons. The summed E-state index contributed by atoms with van der Waals surface area (Å²) in [6.07, 6.45) is 4.31. The van der Waals surface area contributed by atoms with E-state index in [2.05, 4.69) is 29.8 Å². The van der Waals surface area contributed by atoms with Gasteiger partial charge < -0.3 is 10.6 Å². The first-order valence-corrected chi connectivity index (χ1v) is 6.49. The summed E-state index contributed by atoms with van der Waals surface area (Å²) in [4.78, 5) is 6.71. The number of nitrogen functional groups attached to an aromatic ring is 1. The van der Waals surface area contributed by atoms with E-state index < -0.39 is 0 Å². The molecule has 0 aliphatic rings. The average Bonchev–Trinajstić information content (AvgIpc) is 2.67. The minimum atomic E-state index is 0.415. The largest absolute Gasteiger partial charge is 0.383 e. The van der Waals surface area contributed by atoms with E-state index >= 15 is 0 Å². The van der Waals surface area contributed by atoms with Gasteiger partial charge in [0.2, 0.25) is 0 Å². The highest BCUT2D eigenvalue weighted by Crippen LogP contribution is 2.27. The fraction of sp³-hybridized carbons (Fsp3) is 0.500. The topological polar surface area (TPSA) is 46.6 Å². The lowest BCUT2D eigenvalue weighted by molar-refractivity contribution is 0.653. The van der Waals surface area contributed by atoms with Crippen molar-refractivity contribution in [3.63, 3.8) is 0 Å². The molecule has 4 heteroatoms. The Kier molecular flexibility index (Phi) is 3.45. The van der Waals surface area contributed by atoms with E-state index in [1.54, 1.807) is 0 Å². The number of fused-ring (bicyclic) bond motifs is 1. The van der Waals surface area contributed by atoms with E-state index in [1.165, 1.54) is 0 Å². The van der Waals surface area contributed by atoms with E-state index in [0.717, 1.165) is 35.7 Å². The number of pyridine rings is 1. The number of nitrogens with two attached hydrogens (primary N) is 1. The molecule has 0 saturated heterocycles. The quantitative estimate of drug-likeness (QED) is 0.902. The van der Waals surface area contributed by atoms with E-state index in [4.69, 9.17) is 5.73 Å². The van der Waals surface area contributed by atoms with Crippen LogP contribution in [0.15, 0.2) is 18.3 Å². The summed E-state index contributed by atoms with van der Waals surface area (Å²) in [6, 6.07) is 4.09. The summed E-state index contributed by atoms with van der Waals surface area (Å²) in [5.74, 6) is 1.19. The van der Waals surface area contributed by atoms with Gasteiger partial charge in [-0.05, 0) is 18.6 Å². The molecule has 1 unspecified atom stereocenters. The SMILES string of the molecule is CCCC(C)c1nc2ccc(N(C)C)cn2c1N. The van der Waals surface area contributed by atoms with Gasteiger partial charge in [-0.15, -0.1) is 0 Å². The number of imidazole rings is 1. The number of nitrogens with zero attached hydrogens (tertiary/aromatic N) is 3. The lowest BCUT2D eigenvalue weighted by Gasteiger charge is -2.12. The van der Waals surface area contributed by atoms with Crippen LogP contribution >= 0.6 is 0 Å². The average molecular weight is 246 g/mol. The zero-order valence-corrected chi connectivity index (χ0v) is 11.6. The second-order valence-corrected chi connectivity index (χ2v) is 5.08. The molecule has 18 heavy (non-hydrogen) atoms. The van der Waals surface area contributed by atoms with Gasteiger partial charge in [0.25, 0.3) is 0 Å². The first-order chi connectivity index (χ1) is 8.54. The normalized spacial score (nSPS) is 12.9. The number of anilines is 2. The van der Waals surface area contributed by atoms with Gasteiger partial charge >= 0.3 is 0 Å². The molecule has 0 bridgehead atoms. The van der Waals surface area contributed by atoms with E-state index in [0.29, 0.717) is 5.92 Å². The maximum atomic E-state index is 6.22. The van der Waals surface area contributed by atoms with Crippen LogP contribution in [0.4, 0.5) is 11.5 Å². The number of hydrogen-bond donors (Lipinski definition) is 1. The van der Waals surface area contributed by atoms with Crippen LogP contribution in [0, 0.1) is 0 Å². The standard InChI is InChI=1S/C14H22N4/c1-5-6-10(2)13-14(15)18-9-11(17(3)4)7-8-12(18)16-13/h7-10H,5-6,15H2,1-4H3. The van der Waals surface area contributed by atoms with Gasteiger partial charge in [0, 0.05) is 26.2 Å². The molecule has 0 amide bonds. The molecule has 0 aliphatic carbocycles. The van der Waals surface area contributed by atoms with Crippen molar-refractivity contribution in [3.8, 4) is 0 Å². The first kappa shape index (κ1) is 12.7. The molecule has 2 N–H and O–H groups in total. The molecule has 98 valence electrons. The third-order valence-electron chi connectivity index (χ3n) is 3.37. The summed E-state index contributed by atoms with van der Waals surface area (Å²) < 4.78 is 1.98. The predicted octanol–water partition coefficient (Wildman–Crippen LogP) is 2.89. The van der Waals surface area contributed by atoms with Gasteiger partial charge in [0.1, 0.15) is 11.5 Å². The van der Waals surface area contributed by atoms with Crippen molar-refractivity contribution in [2.75, 3.05) is 24.7 Å². The van der Waals surface area contributed by atoms with Crippen LogP contribution in [0.1, 0.15) is 38.3 Å². The molecule has 0 aliphatic heterocycles. The minimum Gasteiger partial charge on any atom is -0.383 e. The summed E-state index contributed by atoms with van der Waals surface area (Å²) in [6.45, 7) is 4.38. The highest BCUT2D eigenvalue weighted by molar-refractivity contribution is 5.58. The molecule has 1 atom stereocenters. The van der Waals surface area contributed by atoms with E-state index in [-0.39, 0.29) is 0 Å². The maximum Gasteiger partial charge on any atom is 0.138 e. The fourth-order valence-corrected chi connectivity index (χ4v) is 2.27. The van der Waals surface area contributed by atoms with Crippen LogP contribution in [0.5, 0.6) is 0 Å². The van der Waals surface area contributed by atoms with Gasteiger partial charge in [-0.1, -0.05) is 20.3 Å². The Hall–Kier alpha value is -1.71. The van der Waals surface area contributed by atoms with Crippen LogP contribution < -0.4 is 10.6 Å². The van der Waals surface area contributed by atoms with Gasteiger partial charge in [0.15, 0.2) is 0 Å². The predicted molar refractivity (Wildman–Crippen MR) is 77.3 cm³/mol. The Labute approximate surface area is 108 Å². The lowest BCUT2D eigenvalue weighted by atomic mass is 10.0. The molecule has 0 saturated carbocycles. The monoisotopic (exact) mass is 246 g/mol. The molecule has 0 aromatic carbocycles. The summed E-state index contributed by atoms with van der Waals surface area (Å²) in [5, 5.41) is 0. The van der Waals surface area contributed by atoms with Crippen molar-refractivity contribution >= 4 is 17.2 Å². The smallest absolute Gasteiger partial charge is 0.138 e. The zero-order valence-electron chi connectivity index (χ0n) is 11.6. The lowest BCUT2D eigenvalue weighted by Crippen LogP contribution is -2.09. The second kappa shape index (κ2) is 4.88. The number of hydrogen-bond acceptors (Lipinski definition) is 3. The Morgan fingerprint density at radius 3 is 2.72 bits per heavy atom. The van der Waals surface area contributed by atoms with Crippen LogP contribution in [0.25, 0.3) is 5.65 Å². The van der Waals surface area contributed by atoms with Gasteiger partial charge in [-0.25, -0.2) is 4.98 Å². The van der Waals surface area contributed by atoms with Gasteiger partial charge in [0.05, 0.1) is 11.4 Å². The summed E-state index contributed by atoms with van der Waals surface area (Å²) in [5.41, 5.74) is 9.30. The first-order valence-electron chi connectivity index (χ1n) is 6.49. The van der Waals surface area contributed by atoms with Gasteiger partial charge in [-0.2, -0.15) is 0 Å². The summed E-state index contributed by atoms with van der Waals surface area (Å²) >= 11 is 0. The Morgan fingerprint density at radius 1 is 1.39 bits per heavy atom.